The van der Waals surface area contributed by atoms with Crippen molar-refractivity contribution in [3.63, 3.8) is 0 Å². The van der Waals surface area contributed by atoms with Gasteiger partial charge in [-0.3, -0.25) is 4.99 Å². The highest BCUT2D eigenvalue weighted by molar-refractivity contribution is 5.81. The minimum absolute atomic E-state index is 0.636. The van der Waals surface area contributed by atoms with Crippen LogP contribution in [0.1, 0.15) is 32.6 Å². The molecule has 3 nitrogen and oxygen atoms in total. The van der Waals surface area contributed by atoms with Gasteiger partial charge >= 0.3 is 0 Å². The van der Waals surface area contributed by atoms with Crippen molar-refractivity contribution in [3.05, 3.63) is 0 Å². The van der Waals surface area contributed by atoms with Crippen molar-refractivity contribution in [3.8, 4) is 0 Å². The van der Waals surface area contributed by atoms with Gasteiger partial charge in [-0.05, 0) is 18.8 Å². The van der Waals surface area contributed by atoms with Crippen molar-refractivity contribution < 1.29 is 0 Å². The smallest absolute Gasteiger partial charge is 0.191 e. The van der Waals surface area contributed by atoms with Crippen molar-refractivity contribution in [1.29, 1.82) is 0 Å². The van der Waals surface area contributed by atoms with Crippen molar-refractivity contribution in [2.45, 2.75) is 38.6 Å². The molecule has 1 aliphatic carbocycles. The lowest BCUT2D eigenvalue weighted by atomic mass is 10.1. The molecule has 0 radical (unpaired) electrons. The molecule has 13 heavy (non-hydrogen) atoms. The molecule has 74 valence electrons. The summed E-state index contributed by atoms with van der Waals surface area (Å²) in [6.45, 7) is 4.18. The Morgan fingerprint density at radius 2 is 2.46 bits per heavy atom. The van der Waals surface area contributed by atoms with Gasteiger partial charge in [0.05, 0.1) is 6.54 Å². The number of nitrogens with zero attached hydrogens (tertiary/aromatic N) is 1. The molecule has 1 aliphatic heterocycles. The molecule has 0 amide bonds. The predicted octanol–water partition coefficient (Wildman–Crippen LogP) is 1.11. The van der Waals surface area contributed by atoms with Crippen LogP contribution in [0.3, 0.4) is 0 Å². The molecule has 0 saturated heterocycles. The third-order valence-electron chi connectivity index (χ3n) is 2.82. The quantitative estimate of drug-likeness (QED) is 0.681. The molecule has 0 bridgehead atoms. The predicted molar refractivity (Wildman–Crippen MR) is 54.9 cm³/mol. The van der Waals surface area contributed by atoms with Gasteiger partial charge in [-0.25, -0.2) is 0 Å². The minimum Gasteiger partial charge on any atom is -0.355 e. The maximum Gasteiger partial charge on any atom is 0.191 e. The van der Waals surface area contributed by atoms with Crippen LogP contribution in [0.2, 0.25) is 0 Å². The van der Waals surface area contributed by atoms with Crippen molar-refractivity contribution >= 4 is 5.96 Å². The average Bonchev–Trinajstić information content (AvgIpc) is 2.80. The number of aliphatic imine (C=N–C) groups is 1. The Hall–Kier alpha value is -0.730. The van der Waals surface area contributed by atoms with Crippen molar-refractivity contribution in [1.82, 2.24) is 10.6 Å². The Kier molecular flexibility index (Phi) is 2.71. The normalized spacial score (nSPS) is 23.6. The lowest BCUT2D eigenvalue weighted by molar-refractivity contribution is 0.507. The summed E-state index contributed by atoms with van der Waals surface area (Å²) in [6.07, 6.45) is 5.42. The van der Waals surface area contributed by atoms with Crippen LogP contribution in [-0.2, 0) is 0 Å². The number of nitrogens with one attached hydrogen (secondary N) is 2. The van der Waals surface area contributed by atoms with Gasteiger partial charge in [0, 0.05) is 12.6 Å². The van der Waals surface area contributed by atoms with Crippen molar-refractivity contribution in [2.24, 2.45) is 10.9 Å². The Morgan fingerprint density at radius 1 is 1.62 bits per heavy atom. The van der Waals surface area contributed by atoms with E-state index in [0.29, 0.717) is 6.04 Å². The molecule has 1 heterocycles. The summed E-state index contributed by atoms with van der Waals surface area (Å²) < 4.78 is 0. The summed E-state index contributed by atoms with van der Waals surface area (Å²) in [4.78, 5) is 4.35. The monoisotopic (exact) mass is 181 g/mol. The number of hydrogen-bond acceptors (Lipinski definition) is 3. The van der Waals surface area contributed by atoms with E-state index in [4.69, 9.17) is 0 Å². The molecule has 1 unspecified atom stereocenters. The Labute approximate surface area is 80.0 Å². The number of hydrogen-bond donors (Lipinski definition) is 2. The lowest BCUT2D eigenvalue weighted by Crippen LogP contribution is -2.41. The zero-order valence-electron chi connectivity index (χ0n) is 8.34. The van der Waals surface area contributed by atoms with Crippen LogP contribution in [0.25, 0.3) is 0 Å². The van der Waals surface area contributed by atoms with E-state index in [2.05, 4.69) is 22.5 Å². The van der Waals surface area contributed by atoms with E-state index in [1.165, 1.54) is 25.7 Å². The molecule has 0 spiro atoms. The van der Waals surface area contributed by atoms with E-state index in [-0.39, 0.29) is 0 Å². The zero-order valence-corrected chi connectivity index (χ0v) is 8.34. The van der Waals surface area contributed by atoms with E-state index in [1.807, 2.05) is 0 Å². The summed E-state index contributed by atoms with van der Waals surface area (Å²) in [5, 5.41) is 6.73. The largest absolute Gasteiger partial charge is 0.355 e. The number of guanidine groups is 1. The molecular formula is C10H19N3. The highest BCUT2D eigenvalue weighted by Crippen LogP contribution is 2.33. The van der Waals surface area contributed by atoms with Gasteiger partial charge in [-0.2, -0.15) is 0 Å². The van der Waals surface area contributed by atoms with Crippen LogP contribution < -0.4 is 10.6 Å². The molecule has 0 aromatic rings. The van der Waals surface area contributed by atoms with Gasteiger partial charge in [-0.1, -0.05) is 19.8 Å². The maximum atomic E-state index is 4.35. The molecule has 1 atom stereocenters. The first-order chi connectivity index (χ1) is 6.38. The van der Waals surface area contributed by atoms with E-state index in [9.17, 15) is 0 Å². The molecule has 1 saturated carbocycles. The first-order valence-corrected chi connectivity index (χ1v) is 5.43. The molecule has 3 heteroatoms. The highest BCUT2D eigenvalue weighted by atomic mass is 15.2. The van der Waals surface area contributed by atoms with Crippen LogP contribution in [0, 0.1) is 5.92 Å². The first-order valence-electron chi connectivity index (χ1n) is 5.43. The van der Waals surface area contributed by atoms with Crippen molar-refractivity contribution in [2.75, 3.05) is 13.1 Å². The van der Waals surface area contributed by atoms with E-state index < -0.39 is 0 Å². The molecular weight excluding hydrogens is 162 g/mol. The molecule has 0 aromatic carbocycles. The Bertz CT molecular complexity index is 196. The van der Waals surface area contributed by atoms with Gasteiger partial charge in [-0.15, -0.1) is 0 Å². The second-order valence-electron chi connectivity index (χ2n) is 4.09. The molecule has 0 aromatic heterocycles. The number of rotatable bonds is 4. The van der Waals surface area contributed by atoms with E-state index >= 15 is 0 Å². The molecule has 2 aliphatic rings. The summed E-state index contributed by atoms with van der Waals surface area (Å²) in [5.74, 6) is 2.02. The molecule has 1 fully saturated rings. The third-order valence-corrected chi connectivity index (χ3v) is 2.82. The van der Waals surface area contributed by atoms with Crippen LogP contribution >= 0.6 is 0 Å². The maximum absolute atomic E-state index is 4.35. The fourth-order valence-electron chi connectivity index (χ4n) is 1.77. The summed E-state index contributed by atoms with van der Waals surface area (Å²) in [6, 6.07) is 0.636. The fraction of sp³-hybridized carbons (Fsp3) is 0.900. The minimum atomic E-state index is 0.636. The topological polar surface area (TPSA) is 36.4 Å². The summed E-state index contributed by atoms with van der Waals surface area (Å²) in [5.41, 5.74) is 0. The molecule has 2 N–H and O–H groups in total. The third kappa shape index (κ3) is 2.61. The van der Waals surface area contributed by atoms with Gasteiger partial charge in [0.15, 0.2) is 5.96 Å². The van der Waals surface area contributed by atoms with E-state index in [0.717, 1.165) is 25.0 Å². The SMILES string of the molecule is CCC(CC1CC1)NC1=NCCN1. The second-order valence-corrected chi connectivity index (χ2v) is 4.09. The Balaban J connectivity index is 1.75. The zero-order chi connectivity index (χ0) is 9.10. The van der Waals surface area contributed by atoms with Crippen LogP contribution in [0.5, 0.6) is 0 Å². The Morgan fingerprint density at radius 3 is 3.00 bits per heavy atom. The van der Waals surface area contributed by atoms with Crippen LogP contribution in [-0.4, -0.2) is 25.1 Å². The van der Waals surface area contributed by atoms with Gasteiger partial charge in [0.2, 0.25) is 0 Å². The van der Waals surface area contributed by atoms with E-state index in [1.54, 1.807) is 0 Å². The standard InChI is InChI=1S/C10H19N3/c1-2-9(7-8-3-4-8)13-10-11-5-6-12-10/h8-9H,2-7H2,1H3,(H2,11,12,13). The summed E-state index contributed by atoms with van der Waals surface area (Å²) >= 11 is 0. The summed E-state index contributed by atoms with van der Waals surface area (Å²) in [7, 11) is 0. The van der Waals surface area contributed by atoms with Gasteiger partial charge in [0.1, 0.15) is 0 Å². The average molecular weight is 181 g/mol. The van der Waals surface area contributed by atoms with Crippen LogP contribution in [0.4, 0.5) is 0 Å². The van der Waals surface area contributed by atoms with Crippen LogP contribution in [0.15, 0.2) is 4.99 Å². The fourth-order valence-corrected chi connectivity index (χ4v) is 1.77. The highest BCUT2D eigenvalue weighted by Gasteiger charge is 2.25. The van der Waals surface area contributed by atoms with Gasteiger partial charge < -0.3 is 10.6 Å². The molecule has 2 rings (SSSR count). The van der Waals surface area contributed by atoms with Gasteiger partial charge in [0.25, 0.3) is 0 Å². The lowest BCUT2D eigenvalue weighted by Gasteiger charge is -2.17. The second kappa shape index (κ2) is 3.99. The first kappa shape index (κ1) is 8.85.